The second-order valence-corrected chi connectivity index (χ2v) is 5.44. The van der Waals surface area contributed by atoms with E-state index in [0.29, 0.717) is 6.04 Å². The van der Waals surface area contributed by atoms with Gasteiger partial charge in [-0.15, -0.1) is 0 Å². The summed E-state index contributed by atoms with van der Waals surface area (Å²) in [6.07, 6.45) is 5.25. The van der Waals surface area contributed by atoms with Crippen LogP contribution in [0.25, 0.3) is 10.9 Å². The van der Waals surface area contributed by atoms with Gasteiger partial charge in [0, 0.05) is 17.6 Å². The van der Waals surface area contributed by atoms with Gasteiger partial charge in [0.25, 0.3) is 0 Å². The highest BCUT2D eigenvalue weighted by atomic mass is 14.7. The molecule has 17 heavy (non-hydrogen) atoms. The van der Waals surface area contributed by atoms with Crippen LogP contribution in [0.3, 0.4) is 0 Å². The Morgan fingerprint density at radius 3 is 2.88 bits per heavy atom. The molecule has 0 radical (unpaired) electrons. The fourth-order valence-electron chi connectivity index (χ4n) is 3.12. The van der Waals surface area contributed by atoms with Crippen molar-refractivity contribution in [1.82, 2.24) is 4.98 Å². The van der Waals surface area contributed by atoms with E-state index < -0.39 is 0 Å². The van der Waals surface area contributed by atoms with Crippen LogP contribution in [0.15, 0.2) is 36.5 Å². The molecule has 0 amide bonds. The third-order valence-corrected chi connectivity index (χ3v) is 4.06. The molecule has 2 nitrogen and oxygen atoms in total. The highest BCUT2D eigenvalue weighted by Crippen LogP contribution is 2.42. The molecule has 2 atom stereocenters. The van der Waals surface area contributed by atoms with Gasteiger partial charge in [-0.3, -0.25) is 4.98 Å². The van der Waals surface area contributed by atoms with Crippen LogP contribution in [0.1, 0.15) is 31.7 Å². The van der Waals surface area contributed by atoms with Crippen LogP contribution >= 0.6 is 0 Å². The van der Waals surface area contributed by atoms with E-state index in [2.05, 4.69) is 36.2 Å². The number of benzene rings is 1. The van der Waals surface area contributed by atoms with Crippen LogP contribution in [-0.4, -0.2) is 11.0 Å². The van der Waals surface area contributed by atoms with Crippen LogP contribution in [0.4, 0.5) is 0 Å². The molecule has 2 N–H and O–H groups in total. The third kappa shape index (κ3) is 1.73. The van der Waals surface area contributed by atoms with Crippen molar-refractivity contribution >= 4 is 10.9 Å². The number of nitrogens with two attached hydrogens (primary N) is 1. The van der Waals surface area contributed by atoms with Crippen molar-refractivity contribution in [1.29, 1.82) is 0 Å². The number of para-hydroxylation sites is 1. The van der Waals surface area contributed by atoms with E-state index in [1.54, 1.807) is 0 Å². The molecule has 0 spiro atoms. The molecule has 1 fully saturated rings. The first-order valence-corrected chi connectivity index (χ1v) is 6.29. The van der Waals surface area contributed by atoms with Gasteiger partial charge >= 0.3 is 0 Å². The van der Waals surface area contributed by atoms with Crippen LogP contribution < -0.4 is 5.73 Å². The lowest BCUT2D eigenvalue weighted by molar-refractivity contribution is 0.485. The zero-order valence-corrected chi connectivity index (χ0v) is 10.2. The van der Waals surface area contributed by atoms with E-state index in [9.17, 15) is 0 Å². The van der Waals surface area contributed by atoms with Crippen molar-refractivity contribution in [3.05, 3.63) is 42.1 Å². The van der Waals surface area contributed by atoms with Gasteiger partial charge in [0.05, 0.1) is 5.52 Å². The average Bonchev–Trinajstić information content (AvgIpc) is 2.70. The summed E-state index contributed by atoms with van der Waals surface area (Å²) >= 11 is 0. The average molecular weight is 226 g/mol. The summed E-state index contributed by atoms with van der Waals surface area (Å²) in [5, 5.41) is 1.23. The van der Waals surface area contributed by atoms with Gasteiger partial charge in [-0.1, -0.05) is 31.2 Å². The van der Waals surface area contributed by atoms with Crippen molar-refractivity contribution in [3.63, 3.8) is 0 Å². The molecule has 0 aliphatic heterocycles. The van der Waals surface area contributed by atoms with E-state index >= 15 is 0 Å². The molecular formula is C15H18N2. The number of hydrogen-bond acceptors (Lipinski definition) is 2. The van der Waals surface area contributed by atoms with Gasteiger partial charge in [0.1, 0.15) is 0 Å². The Kier molecular flexibility index (Phi) is 2.40. The lowest BCUT2D eigenvalue weighted by Gasteiger charge is -2.25. The smallest absolute Gasteiger partial charge is 0.0739 e. The van der Waals surface area contributed by atoms with Crippen molar-refractivity contribution in [3.8, 4) is 0 Å². The molecule has 2 unspecified atom stereocenters. The van der Waals surface area contributed by atoms with Gasteiger partial charge < -0.3 is 5.73 Å². The van der Waals surface area contributed by atoms with Crippen molar-refractivity contribution in [2.45, 2.75) is 37.6 Å². The Morgan fingerprint density at radius 2 is 2.12 bits per heavy atom. The lowest BCUT2D eigenvalue weighted by Crippen LogP contribution is -2.23. The molecule has 2 aromatic rings. The molecule has 1 saturated carbocycles. The van der Waals surface area contributed by atoms with Crippen molar-refractivity contribution in [2.24, 2.45) is 5.73 Å². The molecule has 1 aliphatic rings. The minimum atomic E-state index is 0.202. The van der Waals surface area contributed by atoms with Gasteiger partial charge in [-0.05, 0) is 36.3 Å². The summed E-state index contributed by atoms with van der Waals surface area (Å²) in [7, 11) is 0. The minimum absolute atomic E-state index is 0.202. The summed E-state index contributed by atoms with van der Waals surface area (Å²) in [5.41, 5.74) is 8.78. The van der Waals surface area contributed by atoms with Crippen LogP contribution in [-0.2, 0) is 5.41 Å². The first-order chi connectivity index (χ1) is 8.19. The Balaban J connectivity index is 2.17. The van der Waals surface area contributed by atoms with E-state index in [-0.39, 0.29) is 5.41 Å². The summed E-state index contributed by atoms with van der Waals surface area (Å²) in [5.74, 6) is 0. The van der Waals surface area contributed by atoms with E-state index in [0.717, 1.165) is 18.4 Å². The number of nitrogens with zero attached hydrogens (tertiary/aromatic N) is 1. The SMILES string of the molecule is CC1(c2cccc3cccnc23)CCC(N)C1. The molecule has 88 valence electrons. The first-order valence-electron chi connectivity index (χ1n) is 6.29. The third-order valence-electron chi connectivity index (χ3n) is 4.06. The van der Waals surface area contributed by atoms with Gasteiger partial charge in [0.15, 0.2) is 0 Å². The van der Waals surface area contributed by atoms with Gasteiger partial charge in [0.2, 0.25) is 0 Å². The largest absolute Gasteiger partial charge is 0.328 e. The number of pyridine rings is 1. The molecule has 1 aromatic heterocycles. The quantitative estimate of drug-likeness (QED) is 0.811. The molecule has 1 aromatic carbocycles. The number of rotatable bonds is 1. The van der Waals surface area contributed by atoms with E-state index in [1.807, 2.05) is 12.3 Å². The van der Waals surface area contributed by atoms with Crippen molar-refractivity contribution < 1.29 is 0 Å². The number of hydrogen-bond donors (Lipinski definition) is 1. The monoisotopic (exact) mass is 226 g/mol. The standard InChI is InChI=1S/C15H18N2/c1-15(8-7-12(16)10-15)13-6-2-4-11-5-3-9-17-14(11)13/h2-6,9,12H,7-8,10,16H2,1H3. The summed E-state index contributed by atoms with van der Waals surface area (Å²) < 4.78 is 0. The molecule has 0 bridgehead atoms. The Labute approximate surface area is 102 Å². The normalized spacial score (nSPS) is 28.7. The molecular weight excluding hydrogens is 208 g/mol. The predicted octanol–water partition coefficient (Wildman–Crippen LogP) is 3.00. The van der Waals surface area contributed by atoms with E-state index in [4.69, 9.17) is 5.73 Å². The van der Waals surface area contributed by atoms with E-state index in [1.165, 1.54) is 17.4 Å². The fraction of sp³-hybridized carbons (Fsp3) is 0.400. The highest BCUT2D eigenvalue weighted by Gasteiger charge is 2.36. The van der Waals surface area contributed by atoms with Gasteiger partial charge in [-0.2, -0.15) is 0 Å². The topological polar surface area (TPSA) is 38.9 Å². The summed E-state index contributed by atoms with van der Waals surface area (Å²) in [6, 6.07) is 10.9. The molecule has 0 saturated heterocycles. The maximum atomic E-state index is 6.07. The van der Waals surface area contributed by atoms with Crippen LogP contribution in [0, 0.1) is 0 Å². The zero-order valence-electron chi connectivity index (χ0n) is 10.2. The van der Waals surface area contributed by atoms with Crippen LogP contribution in [0.2, 0.25) is 0 Å². The fourth-order valence-corrected chi connectivity index (χ4v) is 3.12. The first kappa shape index (κ1) is 10.7. The minimum Gasteiger partial charge on any atom is -0.328 e. The molecule has 1 heterocycles. The number of fused-ring (bicyclic) bond motifs is 1. The second kappa shape index (κ2) is 3.81. The van der Waals surface area contributed by atoms with Crippen LogP contribution in [0.5, 0.6) is 0 Å². The maximum Gasteiger partial charge on any atom is 0.0739 e. The molecule has 1 aliphatic carbocycles. The number of aromatic nitrogens is 1. The Morgan fingerprint density at radius 1 is 1.29 bits per heavy atom. The molecule has 2 heteroatoms. The maximum absolute atomic E-state index is 6.07. The Hall–Kier alpha value is -1.41. The molecule has 3 rings (SSSR count). The zero-order chi connectivity index (χ0) is 11.9. The predicted molar refractivity (Wildman–Crippen MR) is 70.9 cm³/mol. The lowest BCUT2D eigenvalue weighted by atomic mass is 9.79. The second-order valence-electron chi connectivity index (χ2n) is 5.44. The Bertz CT molecular complexity index is 544. The van der Waals surface area contributed by atoms with Crippen molar-refractivity contribution in [2.75, 3.05) is 0 Å². The van der Waals surface area contributed by atoms with Gasteiger partial charge in [-0.25, -0.2) is 0 Å². The highest BCUT2D eigenvalue weighted by molar-refractivity contribution is 5.82. The summed E-state index contributed by atoms with van der Waals surface area (Å²) in [6.45, 7) is 2.32. The summed E-state index contributed by atoms with van der Waals surface area (Å²) in [4.78, 5) is 4.56.